The minimum atomic E-state index is -4.91. The lowest BCUT2D eigenvalue weighted by molar-refractivity contribution is -0.143. The molecule has 9 nitrogen and oxygen atoms in total. The van der Waals surface area contributed by atoms with Crippen molar-refractivity contribution >= 4 is 6.47 Å². The number of hydrazine groups is 2. The summed E-state index contributed by atoms with van der Waals surface area (Å²) in [5, 5.41) is 4.49. The van der Waals surface area contributed by atoms with E-state index in [1.54, 1.807) is 0 Å². The second kappa shape index (κ2) is 11.6. The topological polar surface area (TPSA) is 123 Å². The van der Waals surface area contributed by atoms with Crippen LogP contribution in [0.15, 0.2) is 24.3 Å². The predicted octanol–water partition coefficient (Wildman–Crippen LogP) is 2.04. The lowest BCUT2D eigenvalue weighted by Crippen LogP contribution is -2.42. The number of carbonyl (C=O) groups excluding carboxylic acids is 1. The van der Waals surface area contributed by atoms with Gasteiger partial charge in [0.2, 0.25) is 0 Å². The first-order chi connectivity index (χ1) is 15.9. The number of nitrogens with zero attached hydrogens (tertiary/aromatic N) is 3. The normalized spacial score (nSPS) is 14.8. The van der Waals surface area contributed by atoms with Gasteiger partial charge in [0.25, 0.3) is 6.47 Å². The molecule has 0 saturated heterocycles. The van der Waals surface area contributed by atoms with Crippen LogP contribution < -0.4 is 22.5 Å². The highest BCUT2D eigenvalue weighted by atomic mass is 19.4. The van der Waals surface area contributed by atoms with Crippen molar-refractivity contribution in [2.24, 2.45) is 11.7 Å². The summed E-state index contributed by atoms with van der Waals surface area (Å²) in [7, 11) is 2.11. The highest BCUT2D eigenvalue weighted by Crippen LogP contribution is 2.36. The van der Waals surface area contributed by atoms with Gasteiger partial charge in [0.05, 0.1) is 22.5 Å². The Morgan fingerprint density at radius 1 is 1.06 bits per heavy atom. The number of benzene rings is 1. The zero-order valence-electron chi connectivity index (χ0n) is 18.1. The molecule has 0 atom stereocenters. The van der Waals surface area contributed by atoms with Crippen molar-refractivity contribution in [1.29, 1.82) is 0 Å². The van der Waals surface area contributed by atoms with Gasteiger partial charge in [-0.25, -0.2) is 10.9 Å². The summed E-state index contributed by atoms with van der Waals surface area (Å²) >= 11 is 0. The molecule has 15 heteroatoms. The van der Waals surface area contributed by atoms with Gasteiger partial charge in [-0.3, -0.25) is 21.2 Å². The van der Waals surface area contributed by atoms with Gasteiger partial charge in [-0.2, -0.15) is 31.4 Å². The van der Waals surface area contributed by atoms with Crippen LogP contribution in [0.3, 0.4) is 0 Å². The number of aryl methyl sites for hydroxylation is 1. The molecular formula is C19H25F6N7O2. The fourth-order valence-corrected chi connectivity index (χ4v) is 3.24. The summed E-state index contributed by atoms with van der Waals surface area (Å²) in [5.41, 5.74) is 3.91. The SMILES string of the molecule is CN1CCCn2nc(C(NN)NN)cc2C1.O=COCc1cc(C(F)(F)F)cc(C(F)(F)F)c1. The molecule has 0 saturated carbocycles. The lowest BCUT2D eigenvalue weighted by atomic mass is 10.1. The van der Waals surface area contributed by atoms with Gasteiger partial charge < -0.3 is 9.64 Å². The maximum atomic E-state index is 12.4. The van der Waals surface area contributed by atoms with E-state index in [4.69, 9.17) is 11.7 Å². The van der Waals surface area contributed by atoms with E-state index in [9.17, 15) is 31.1 Å². The second-order valence-corrected chi connectivity index (χ2v) is 7.46. The van der Waals surface area contributed by atoms with Gasteiger partial charge in [-0.15, -0.1) is 0 Å². The van der Waals surface area contributed by atoms with Crippen LogP contribution in [0.4, 0.5) is 26.3 Å². The monoisotopic (exact) mass is 497 g/mol. The minimum absolute atomic E-state index is 0.00438. The number of nitrogens with one attached hydrogen (secondary N) is 2. The van der Waals surface area contributed by atoms with Gasteiger partial charge in [0, 0.05) is 19.6 Å². The molecule has 6 N–H and O–H groups in total. The largest absolute Gasteiger partial charge is 0.463 e. The molecule has 190 valence electrons. The average Bonchev–Trinajstić information content (AvgIpc) is 3.05. The van der Waals surface area contributed by atoms with Crippen molar-refractivity contribution in [3.63, 3.8) is 0 Å². The molecule has 0 bridgehead atoms. The Hall–Kier alpha value is -2.72. The number of hydrogen-bond acceptors (Lipinski definition) is 8. The van der Waals surface area contributed by atoms with Crippen LogP contribution >= 0.6 is 0 Å². The van der Waals surface area contributed by atoms with Crippen molar-refractivity contribution in [1.82, 2.24) is 25.5 Å². The Morgan fingerprint density at radius 2 is 1.65 bits per heavy atom. The van der Waals surface area contributed by atoms with Crippen LogP contribution in [0.1, 0.15) is 40.7 Å². The molecule has 34 heavy (non-hydrogen) atoms. The second-order valence-electron chi connectivity index (χ2n) is 7.46. The zero-order valence-corrected chi connectivity index (χ0v) is 18.1. The lowest BCUT2D eigenvalue weighted by Gasteiger charge is -2.13. The summed E-state index contributed by atoms with van der Waals surface area (Å²) in [6.07, 6.45) is -9.00. The number of halogens is 6. The molecule has 1 aromatic carbocycles. The predicted molar refractivity (Wildman–Crippen MR) is 108 cm³/mol. The molecule has 3 rings (SSSR count). The van der Waals surface area contributed by atoms with Gasteiger partial charge in [0.15, 0.2) is 0 Å². The number of fused-ring (bicyclic) bond motifs is 1. The average molecular weight is 497 g/mol. The smallest absolute Gasteiger partial charge is 0.416 e. The van der Waals surface area contributed by atoms with E-state index in [1.807, 2.05) is 10.7 Å². The van der Waals surface area contributed by atoms with Crippen molar-refractivity contribution in [2.45, 2.75) is 44.6 Å². The number of hydrogen-bond donors (Lipinski definition) is 4. The van der Waals surface area contributed by atoms with Gasteiger partial charge in [-0.1, -0.05) is 0 Å². The highest BCUT2D eigenvalue weighted by Gasteiger charge is 2.36. The molecule has 0 radical (unpaired) electrons. The number of alkyl halides is 6. The highest BCUT2D eigenvalue weighted by molar-refractivity contribution is 5.38. The molecule has 0 amide bonds. The standard InChI is InChI=1S/C10H6F6O2.C9H19N7/c11-9(12,13)7-1-6(4-18-5-17)2-8(3-7)10(14,15)16;1-15-3-2-4-16-7(6-15)5-8(14-16)9(12-10)13-11/h1-3,5H,4H2;5,9,12-13H,2-4,6,10-11H2,1H3. The summed E-state index contributed by atoms with van der Waals surface area (Å²) in [4.78, 5) is 12.2. The Bertz CT molecular complexity index is 912. The van der Waals surface area contributed by atoms with E-state index in [0.29, 0.717) is 12.1 Å². The maximum absolute atomic E-state index is 12.4. The van der Waals surface area contributed by atoms with E-state index < -0.39 is 30.1 Å². The fourth-order valence-electron chi connectivity index (χ4n) is 3.24. The van der Waals surface area contributed by atoms with Crippen molar-refractivity contribution < 1.29 is 35.9 Å². The van der Waals surface area contributed by atoms with E-state index >= 15 is 0 Å². The summed E-state index contributed by atoms with van der Waals surface area (Å²) in [6, 6.07) is 3.04. The minimum Gasteiger partial charge on any atom is -0.463 e. The first kappa shape index (κ1) is 27.5. The Balaban J connectivity index is 0.000000241. The summed E-state index contributed by atoms with van der Waals surface area (Å²) in [5.74, 6) is 10.8. The van der Waals surface area contributed by atoms with E-state index in [-0.39, 0.29) is 24.3 Å². The number of nitrogens with two attached hydrogens (primary N) is 2. The van der Waals surface area contributed by atoms with Crippen molar-refractivity contribution in [3.05, 3.63) is 52.3 Å². The number of carbonyl (C=O) groups is 1. The molecule has 0 spiro atoms. The van der Waals surface area contributed by atoms with Gasteiger partial charge >= 0.3 is 12.4 Å². The van der Waals surface area contributed by atoms with Crippen LogP contribution in [0.5, 0.6) is 0 Å². The zero-order chi connectivity index (χ0) is 25.5. The van der Waals surface area contributed by atoms with E-state index in [0.717, 1.165) is 31.7 Å². The Morgan fingerprint density at radius 3 is 2.15 bits per heavy atom. The summed E-state index contributed by atoms with van der Waals surface area (Å²) in [6.45, 7) is 2.24. The van der Waals surface area contributed by atoms with Gasteiger partial charge in [-0.05, 0) is 43.3 Å². The molecular weight excluding hydrogens is 472 g/mol. The first-order valence-corrected chi connectivity index (χ1v) is 9.90. The molecule has 0 aliphatic carbocycles. The summed E-state index contributed by atoms with van der Waals surface area (Å²) < 4.78 is 80.5. The van der Waals surface area contributed by atoms with Crippen LogP contribution in [-0.4, -0.2) is 34.7 Å². The quantitative estimate of drug-likeness (QED) is 0.157. The van der Waals surface area contributed by atoms with E-state index in [1.165, 1.54) is 5.69 Å². The third-order valence-corrected chi connectivity index (χ3v) is 4.82. The fraction of sp³-hybridized carbons (Fsp3) is 0.474. The molecule has 1 aliphatic rings. The van der Waals surface area contributed by atoms with Crippen LogP contribution in [0.2, 0.25) is 0 Å². The molecule has 0 unspecified atom stereocenters. The molecule has 1 aliphatic heterocycles. The van der Waals surface area contributed by atoms with E-state index in [2.05, 4.69) is 32.6 Å². The molecule has 2 heterocycles. The van der Waals surface area contributed by atoms with Crippen LogP contribution in [0, 0.1) is 0 Å². The Kier molecular flexibility index (Phi) is 9.40. The number of rotatable bonds is 6. The Labute approximate surface area is 190 Å². The maximum Gasteiger partial charge on any atom is 0.416 e. The third-order valence-electron chi connectivity index (χ3n) is 4.82. The number of ether oxygens (including phenoxy) is 1. The molecule has 0 fully saturated rings. The first-order valence-electron chi connectivity index (χ1n) is 9.90. The van der Waals surface area contributed by atoms with Crippen molar-refractivity contribution in [3.8, 4) is 0 Å². The van der Waals surface area contributed by atoms with Crippen LogP contribution in [0.25, 0.3) is 0 Å². The molecule has 2 aromatic rings. The van der Waals surface area contributed by atoms with Crippen molar-refractivity contribution in [2.75, 3.05) is 13.6 Å². The third kappa shape index (κ3) is 7.66. The van der Waals surface area contributed by atoms with Crippen LogP contribution in [-0.2, 0) is 41.6 Å². The van der Waals surface area contributed by atoms with Gasteiger partial charge in [0.1, 0.15) is 12.8 Å². The number of aromatic nitrogens is 2. The molecule has 1 aromatic heterocycles.